The molecule has 0 spiro atoms. The number of rotatable bonds is 4. The van der Waals surface area contributed by atoms with E-state index in [4.69, 9.17) is 16.0 Å². The van der Waals surface area contributed by atoms with E-state index in [2.05, 4.69) is 4.98 Å². The lowest BCUT2D eigenvalue weighted by molar-refractivity contribution is 0.0717. The van der Waals surface area contributed by atoms with E-state index in [0.717, 1.165) is 24.3 Å². The molecule has 1 aliphatic rings. The van der Waals surface area contributed by atoms with Gasteiger partial charge in [0.15, 0.2) is 0 Å². The summed E-state index contributed by atoms with van der Waals surface area (Å²) in [5, 5.41) is 0.451. The summed E-state index contributed by atoms with van der Waals surface area (Å²) < 4.78 is 5.33. The molecule has 4 nitrogen and oxygen atoms in total. The molecule has 5 heteroatoms. The summed E-state index contributed by atoms with van der Waals surface area (Å²) in [4.78, 5) is 18.6. The Hall–Kier alpha value is -1.81. The summed E-state index contributed by atoms with van der Waals surface area (Å²) in [5.41, 5.74) is 1.26. The Labute approximate surface area is 122 Å². The summed E-state index contributed by atoms with van der Waals surface area (Å²) in [7, 11) is 0. The maximum atomic E-state index is 12.6. The molecule has 0 saturated heterocycles. The predicted molar refractivity (Wildman–Crippen MR) is 75.6 cm³/mol. The molecule has 0 atom stereocenters. The Morgan fingerprint density at radius 3 is 2.95 bits per heavy atom. The van der Waals surface area contributed by atoms with E-state index < -0.39 is 0 Å². The smallest absolute Gasteiger partial charge is 0.257 e. The maximum Gasteiger partial charge on any atom is 0.257 e. The molecule has 2 heterocycles. The maximum absolute atomic E-state index is 12.6. The molecule has 0 aromatic carbocycles. The van der Waals surface area contributed by atoms with Crippen molar-refractivity contribution in [2.24, 2.45) is 0 Å². The topological polar surface area (TPSA) is 46.3 Å². The molecule has 1 aliphatic carbocycles. The van der Waals surface area contributed by atoms with E-state index in [-0.39, 0.29) is 11.9 Å². The van der Waals surface area contributed by atoms with E-state index in [1.807, 2.05) is 24.0 Å². The molecule has 20 heavy (non-hydrogen) atoms. The van der Waals surface area contributed by atoms with Gasteiger partial charge in [-0.05, 0) is 38.0 Å². The lowest BCUT2D eigenvalue weighted by Gasteiger charge is -2.21. The van der Waals surface area contributed by atoms with Crippen molar-refractivity contribution in [2.75, 3.05) is 0 Å². The highest BCUT2D eigenvalue weighted by atomic mass is 35.5. The van der Waals surface area contributed by atoms with E-state index >= 15 is 0 Å². The first-order valence-electron chi connectivity index (χ1n) is 6.60. The van der Waals surface area contributed by atoms with Crippen molar-refractivity contribution in [3.05, 3.63) is 52.7 Å². The number of pyridine rings is 1. The van der Waals surface area contributed by atoms with Gasteiger partial charge in [-0.3, -0.25) is 9.78 Å². The summed E-state index contributed by atoms with van der Waals surface area (Å²) >= 11 is 6.16. The molecule has 1 fully saturated rings. The van der Waals surface area contributed by atoms with Crippen LogP contribution in [0.4, 0.5) is 0 Å². The Bertz CT molecular complexity index is 621. The number of furan rings is 1. The average Bonchev–Trinajstić information content (AvgIpc) is 3.12. The van der Waals surface area contributed by atoms with Crippen LogP contribution in [-0.4, -0.2) is 21.8 Å². The fourth-order valence-electron chi connectivity index (χ4n) is 2.16. The monoisotopic (exact) mass is 290 g/mol. The fraction of sp³-hybridized carbons (Fsp3) is 0.333. The van der Waals surface area contributed by atoms with Crippen LogP contribution in [0.15, 0.2) is 35.1 Å². The van der Waals surface area contributed by atoms with Crippen molar-refractivity contribution < 1.29 is 9.21 Å². The van der Waals surface area contributed by atoms with Crippen LogP contribution < -0.4 is 0 Å². The zero-order valence-corrected chi connectivity index (χ0v) is 11.9. The van der Waals surface area contributed by atoms with Crippen molar-refractivity contribution in [3.8, 4) is 0 Å². The van der Waals surface area contributed by atoms with Crippen LogP contribution in [0.25, 0.3) is 0 Å². The van der Waals surface area contributed by atoms with E-state index in [1.54, 1.807) is 18.5 Å². The van der Waals surface area contributed by atoms with Crippen molar-refractivity contribution in [1.29, 1.82) is 0 Å². The van der Waals surface area contributed by atoms with Crippen LogP contribution in [0.5, 0.6) is 0 Å². The van der Waals surface area contributed by atoms with Gasteiger partial charge in [0.2, 0.25) is 0 Å². The molecular formula is C15H15ClN2O2. The van der Waals surface area contributed by atoms with Gasteiger partial charge in [-0.15, -0.1) is 0 Å². The van der Waals surface area contributed by atoms with Gasteiger partial charge in [-0.2, -0.15) is 0 Å². The first-order valence-corrected chi connectivity index (χ1v) is 6.98. The third-order valence-electron chi connectivity index (χ3n) is 3.38. The van der Waals surface area contributed by atoms with Gasteiger partial charge in [0.1, 0.15) is 5.76 Å². The van der Waals surface area contributed by atoms with Gasteiger partial charge in [-0.25, -0.2) is 0 Å². The quantitative estimate of drug-likeness (QED) is 0.866. The summed E-state index contributed by atoms with van der Waals surface area (Å²) in [6, 6.07) is 5.69. The van der Waals surface area contributed by atoms with E-state index in [0.29, 0.717) is 17.1 Å². The number of halogens is 1. The predicted octanol–water partition coefficient (Wildman–Crippen LogP) is 3.44. The van der Waals surface area contributed by atoms with E-state index in [9.17, 15) is 4.79 Å². The van der Waals surface area contributed by atoms with Gasteiger partial charge >= 0.3 is 0 Å². The van der Waals surface area contributed by atoms with Crippen LogP contribution in [0.1, 0.15) is 34.7 Å². The third kappa shape index (κ3) is 2.70. The van der Waals surface area contributed by atoms with Crippen molar-refractivity contribution in [1.82, 2.24) is 9.88 Å². The minimum Gasteiger partial charge on any atom is -0.467 e. The Morgan fingerprint density at radius 2 is 2.35 bits per heavy atom. The summed E-state index contributed by atoms with van der Waals surface area (Å²) in [6.45, 7) is 2.32. The lowest BCUT2D eigenvalue weighted by Crippen LogP contribution is -2.32. The molecule has 1 amide bonds. The van der Waals surface area contributed by atoms with Gasteiger partial charge in [0, 0.05) is 17.9 Å². The number of carbonyl (C=O) groups excluding carboxylic acids is 1. The number of nitrogens with zero attached hydrogens (tertiary/aromatic N) is 2. The normalized spacial score (nSPS) is 14.3. The Morgan fingerprint density at radius 1 is 1.55 bits per heavy atom. The van der Waals surface area contributed by atoms with Crippen LogP contribution in [-0.2, 0) is 6.54 Å². The minimum absolute atomic E-state index is 0.0820. The zero-order chi connectivity index (χ0) is 14.1. The molecular weight excluding hydrogens is 276 g/mol. The van der Waals surface area contributed by atoms with Gasteiger partial charge < -0.3 is 9.32 Å². The van der Waals surface area contributed by atoms with Crippen molar-refractivity contribution in [2.45, 2.75) is 32.4 Å². The largest absolute Gasteiger partial charge is 0.467 e. The second-order valence-electron chi connectivity index (χ2n) is 5.05. The van der Waals surface area contributed by atoms with Crippen LogP contribution >= 0.6 is 11.6 Å². The number of hydrogen-bond acceptors (Lipinski definition) is 3. The standard InChI is InChI=1S/C15H15ClN2O2/c1-10-7-14(16)13(8-17-10)15(19)18(11-4-5-11)9-12-3-2-6-20-12/h2-3,6-8,11H,4-5,9H2,1H3. The molecule has 1 saturated carbocycles. The molecule has 3 rings (SSSR count). The van der Waals surface area contributed by atoms with Gasteiger partial charge in [-0.1, -0.05) is 11.6 Å². The van der Waals surface area contributed by atoms with E-state index in [1.165, 1.54) is 0 Å². The van der Waals surface area contributed by atoms with Crippen LogP contribution in [0.3, 0.4) is 0 Å². The molecule has 0 unspecified atom stereocenters. The highest BCUT2D eigenvalue weighted by molar-refractivity contribution is 6.33. The second kappa shape index (κ2) is 5.29. The molecule has 0 bridgehead atoms. The summed E-state index contributed by atoms with van der Waals surface area (Å²) in [5.74, 6) is 0.697. The number of carbonyl (C=O) groups is 1. The van der Waals surface area contributed by atoms with Gasteiger partial charge in [0.25, 0.3) is 5.91 Å². The summed E-state index contributed by atoms with van der Waals surface area (Å²) in [6.07, 6.45) is 5.23. The Balaban J connectivity index is 1.85. The molecule has 0 N–H and O–H groups in total. The third-order valence-corrected chi connectivity index (χ3v) is 3.69. The average molecular weight is 291 g/mol. The number of aryl methyl sites for hydroxylation is 1. The fourth-order valence-corrected chi connectivity index (χ4v) is 2.45. The molecule has 2 aromatic heterocycles. The number of hydrogen-bond donors (Lipinski definition) is 0. The molecule has 104 valence electrons. The number of aromatic nitrogens is 1. The van der Waals surface area contributed by atoms with Crippen molar-refractivity contribution >= 4 is 17.5 Å². The SMILES string of the molecule is Cc1cc(Cl)c(C(=O)N(Cc2ccco2)C2CC2)cn1. The highest BCUT2D eigenvalue weighted by Gasteiger charge is 2.34. The van der Waals surface area contributed by atoms with Crippen LogP contribution in [0, 0.1) is 6.92 Å². The zero-order valence-electron chi connectivity index (χ0n) is 11.2. The lowest BCUT2D eigenvalue weighted by atomic mass is 10.2. The van der Waals surface area contributed by atoms with Crippen LogP contribution in [0.2, 0.25) is 5.02 Å². The minimum atomic E-state index is -0.0820. The molecule has 0 aliphatic heterocycles. The Kier molecular flexibility index (Phi) is 3.49. The number of amides is 1. The highest BCUT2D eigenvalue weighted by Crippen LogP contribution is 2.31. The van der Waals surface area contributed by atoms with Gasteiger partial charge in [0.05, 0.1) is 23.4 Å². The second-order valence-corrected chi connectivity index (χ2v) is 5.46. The molecule has 0 radical (unpaired) electrons. The first-order chi connectivity index (χ1) is 9.65. The van der Waals surface area contributed by atoms with Crippen molar-refractivity contribution in [3.63, 3.8) is 0 Å². The first kappa shape index (κ1) is 13.2. The molecule has 2 aromatic rings.